The maximum absolute atomic E-state index is 12.5. The van der Waals surface area contributed by atoms with E-state index in [2.05, 4.69) is 43.4 Å². The average molecular weight is 376 g/mol. The van der Waals surface area contributed by atoms with Crippen LogP contribution >= 0.6 is 0 Å². The van der Waals surface area contributed by atoms with E-state index in [1.807, 2.05) is 26.0 Å². The standard InChI is InChI=1S/C21H30N2O2S/c1-5-23(6-2)26(24,25)21-13-9-19(10-14-21)16-22-15-18-7-11-20(12-8-18)17(3)4/h7-14,17,22H,5-6,15-16H2,1-4H3/p+1. The number of sulfonamides is 1. The number of nitrogens with zero attached hydrogens (tertiary/aromatic N) is 1. The van der Waals surface area contributed by atoms with Gasteiger partial charge in [-0.2, -0.15) is 4.31 Å². The number of hydrogen-bond acceptors (Lipinski definition) is 2. The molecule has 0 aliphatic carbocycles. The van der Waals surface area contributed by atoms with Gasteiger partial charge in [-0.05, 0) is 23.6 Å². The quantitative estimate of drug-likeness (QED) is 0.732. The van der Waals surface area contributed by atoms with Crippen LogP contribution < -0.4 is 5.32 Å². The van der Waals surface area contributed by atoms with Crippen molar-refractivity contribution in [3.05, 3.63) is 65.2 Å². The monoisotopic (exact) mass is 375 g/mol. The normalized spacial score (nSPS) is 12.1. The van der Waals surface area contributed by atoms with Gasteiger partial charge in [-0.15, -0.1) is 0 Å². The highest BCUT2D eigenvalue weighted by molar-refractivity contribution is 7.89. The Bertz CT molecular complexity index is 778. The van der Waals surface area contributed by atoms with Crippen molar-refractivity contribution in [2.45, 2.75) is 51.6 Å². The molecule has 2 aromatic rings. The lowest BCUT2D eigenvalue weighted by molar-refractivity contribution is -0.686. The van der Waals surface area contributed by atoms with Crippen molar-refractivity contribution in [2.75, 3.05) is 13.1 Å². The SMILES string of the molecule is CCN(CC)S(=O)(=O)c1ccc(C[NH2+]Cc2ccc(C(C)C)cc2)cc1. The fourth-order valence-electron chi connectivity index (χ4n) is 2.95. The van der Waals surface area contributed by atoms with E-state index in [1.165, 1.54) is 15.4 Å². The lowest BCUT2D eigenvalue weighted by Crippen LogP contribution is -2.80. The van der Waals surface area contributed by atoms with E-state index in [4.69, 9.17) is 0 Å². The maximum atomic E-state index is 12.5. The molecule has 0 atom stereocenters. The van der Waals surface area contributed by atoms with Gasteiger partial charge in [-0.1, -0.05) is 64.1 Å². The average Bonchev–Trinajstić information content (AvgIpc) is 2.63. The largest absolute Gasteiger partial charge is 0.339 e. The molecule has 2 rings (SSSR count). The van der Waals surface area contributed by atoms with Gasteiger partial charge in [-0.3, -0.25) is 0 Å². The smallest absolute Gasteiger partial charge is 0.243 e. The molecule has 26 heavy (non-hydrogen) atoms. The van der Waals surface area contributed by atoms with Crippen LogP contribution in [0.4, 0.5) is 0 Å². The first-order chi connectivity index (χ1) is 12.4. The topological polar surface area (TPSA) is 54.0 Å². The molecule has 0 heterocycles. The predicted octanol–water partition coefficient (Wildman–Crippen LogP) is 3.10. The first-order valence-corrected chi connectivity index (χ1v) is 10.8. The second-order valence-electron chi connectivity index (χ2n) is 6.83. The predicted molar refractivity (Wildman–Crippen MR) is 106 cm³/mol. The first kappa shape index (κ1) is 20.6. The summed E-state index contributed by atoms with van der Waals surface area (Å²) < 4.78 is 26.5. The molecular weight excluding hydrogens is 344 g/mol. The van der Waals surface area contributed by atoms with Gasteiger partial charge in [0.25, 0.3) is 0 Å². The number of hydrogen-bond donors (Lipinski definition) is 1. The van der Waals surface area contributed by atoms with Gasteiger partial charge >= 0.3 is 0 Å². The Morgan fingerprint density at radius 2 is 1.31 bits per heavy atom. The van der Waals surface area contributed by atoms with E-state index in [0.29, 0.717) is 23.9 Å². The van der Waals surface area contributed by atoms with Gasteiger partial charge in [0, 0.05) is 24.2 Å². The fourth-order valence-corrected chi connectivity index (χ4v) is 4.41. The fraction of sp³-hybridized carbons (Fsp3) is 0.429. The van der Waals surface area contributed by atoms with Crippen LogP contribution in [0.25, 0.3) is 0 Å². The molecule has 2 N–H and O–H groups in total. The zero-order valence-corrected chi connectivity index (χ0v) is 17.1. The summed E-state index contributed by atoms with van der Waals surface area (Å²) >= 11 is 0. The van der Waals surface area contributed by atoms with E-state index >= 15 is 0 Å². The summed E-state index contributed by atoms with van der Waals surface area (Å²) in [4.78, 5) is 0.370. The van der Waals surface area contributed by atoms with Crippen molar-refractivity contribution in [3.63, 3.8) is 0 Å². The third-order valence-electron chi connectivity index (χ3n) is 4.67. The van der Waals surface area contributed by atoms with Crippen molar-refractivity contribution >= 4 is 10.0 Å². The molecule has 2 aromatic carbocycles. The summed E-state index contributed by atoms with van der Waals surface area (Å²) in [6.45, 7) is 10.8. The van der Waals surface area contributed by atoms with Gasteiger partial charge < -0.3 is 5.32 Å². The number of benzene rings is 2. The van der Waals surface area contributed by atoms with Crippen LogP contribution in [0.2, 0.25) is 0 Å². The van der Waals surface area contributed by atoms with E-state index in [-0.39, 0.29) is 0 Å². The minimum Gasteiger partial charge on any atom is -0.339 e. The third kappa shape index (κ3) is 5.16. The summed E-state index contributed by atoms with van der Waals surface area (Å²) in [7, 11) is -3.37. The minimum atomic E-state index is -3.37. The lowest BCUT2D eigenvalue weighted by atomic mass is 10.0. The van der Waals surface area contributed by atoms with Crippen LogP contribution in [-0.4, -0.2) is 25.8 Å². The van der Waals surface area contributed by atoms with Crippen LogP contribution in [0.1, 0.15) is 50.3 Å². The van der Waals surface area contributed by atoms with E-state index < -0.39 is 10.0 Å². The zero-order valence-electron chi connectivity index (χ0n) is 16.3. The molecule has 0 aliphatic heterocycles. The molecular formula is C21H31N2O2S+. The molecule has 0 unspecified atom stereocenters. The van der Waals surface area contributed by atoms with Gasteiger partial charge in [-0.25, -0.2) is 8.42 Å². The molecule has 0 amide bonds. The second kappa shape index (κ2) is 9.31. The molecule has 0 aliphatic rings. The lowest BCUT2D eigenvalue weighted by Gasteiger charge is -2.18. The zero-order chi connectivity index (χ0) is 19.2. The number of quaternary nitrogens is 1. The van der Waals surface area contributed by atoms with Crippen molar-refractivity contribution in [3.8, 4) is 0 Å². The Kier molecular flexibility index (Phi) is 7.38. The van der Waals surface area contributed by atoms with Crippen LogP contribution in [0.15, 0.2) is 53.4 Å². The van der Waals surface area contributed by atoms with Gasteiger partial charge in [0.2, 0.25) is 10.0 Å². The Labute approximate surface area is 158 Å². The molecule has 0 spiro atoms. The van der Waals surface area contributed by atoms with Crippen LogP contribution in [0.3, 0.4) is 0 Å². The van der Waals surface area contributed by atoms with Crippen molar-refractivity contribution in [2.24, 2.45) is 0 Å². The molecule has 142 valence electrons. The Morgan fingerprint density at radius 3 is 1.73 bits per heavy atom. The molecule has 0 saturated carbocycles. The second-order valence-corrected chi connectivity index (χ2v) is 8.76. The Balaban J connectivity index is 1.93. The molecule has 0 fully saturated rings. The number of nitrogens with two attached hydrogens (primary N) is 1. The van der Waals surface area contributed by atoms with E-state index in [9.17, 15) is 8.42 Å². The molecule has 0 radical (unpaired) electrons. The molecule has 0 aromatic heterocycles. The summed E-state index contributed by atoms with van der Waals surface area (Å²) in [5.41, 5.74) is 3.79. The summed E-state index contributed by atoms with van der Waals surface area (Å²) in [5, 5.41) is 2.23. The molecule has 0 bridgehead atoms. The summed E-state index contributed by atoms with van der Waals surface area (Å²) in [5.74, 6) is 0.555. The first-order valence-electron chi connectivity index (χ1n) is 9.38. The van der Waals surface area contributed by atoms with Crippen molar-refractivity contribution in [1.29, 1.82) is 0 Å². The third-order valence-corrected chi connectivity index (χ3v) is 6.74. The highest BCUT2D eigenvalue weighted by atomic mass is 32.2. The minimum absolute atomic E-state index is 0.370. The van der Waals surface area contributed by atoms with Crippen LogP contribution in [0.5, 0.6) is 0 Å². The van der Waals surface area contributed by atoms with Gasteiger partial charge in [0.15, 0.2) is 0 Å². The van der Waals surface area contributed by atoms with E-state index in [1.54, 1.807) is 12.1 Å². The van der Waals surface area contributed by atoms with Gasteiger partial charge in [0.05, 0.1) is 4.90 Å². The van der Waals surface area contributed by atoms with E-state index in [0.717, 1.165) is 18.7 Å². The maximum Gasteiger partial charge on any atom is 0.243 e. The molecule has 4 nitrogen and oxygen atoms in total. The Morgan fingerprint density at radius 1 is 0.846 bits per heavy atom. The Hall–Kier alpha value is -1.69. The van der Waals surface area contributed by atoms with Crippen LogP contribution in [-0.2, 0) is 23.1 Å². The highest BCUT2D eigenvalue weighted by Gasteiger charge is 2.21. The van der Waals surface area contributed by atoms with Crippen molar-refractivity contribution < 1.29 is 13.7 Å². The van der Waals surface area contributed by atoms with Crippen LogP contribution in [0, 0.1) is 0 Å². The van der Waals surface area contributed by atoms with Crippen molar-refractivity contribution in [1.82, 2.24) is 4.31 Å². The molecule has 5 heteroatoms. The number of rotatable bonds is 9. The summed E-state index contributed by atoms with van der Waals surface area (Å²) in [6, 6.07) is 16.0. The highest BCUT2D eigenvalue weighted by Crippen LogP contribution is 2.16. The van der Waals surface area contributed by atoms with Gasteiger partial charge in [0.1, 0.15) is 13.1 Å². The summed E-state index contributed by atoms with van der Waals surface area (Å²) in [6.07, 6.45) is 0. The molecule has 0 saturated heterocycles.